The van der Waals surface area contributed by atoms with E-state index < -0.39 is 0 Å². The van der Waals surface area contributed by atoms with Crippen molar-refractivity contribution >= 4 is 34.4 Å². The molecule has 8 heteroatoms. The van der Waals surface area contributed by atoms with Gasteiger partial charge in [0.2, 0.25) is 5.28 Å². The minimum atomic E-state index is -0.265. The molecule has 2 aromatic heterocycles. The maximum Gasteiger partial charge on any atom is 0.328 e. The van der Waals surface area contributed by atoms with Crippen LogP contribution in [0.5, 0.6) is 0 Å². The monoisotopic (exact) mass is 288 g/mol. The number of imidazole rings is 1. The Morgan fingerprint density at radius 3 is 2.94 bits per heavy atom. The summed E-state index contributed by atoms with van der Waals surface area (Å²) in [5.74, 6) is 0. The third-order valence-electron chi connectivity index (χ3n) is 3.00. The molecule has 1 atom stereocenters. The number of hydrogen-bond acceptors (Lipinski definition) is 4. The lowest BCUT2D eigenvalue weighted by atomic mass is 10.1. The standard InChI is InChI=1S/C10H10Cl2N4O2/c11-7-6-8(15-9(12)14-7)16(10(17)13-6)5-2-1-3-18-4-5/h5H,1-4H2,(H,13,17)/t5-/m0/s1. The largest absolute Gasteiger partial charge is 0.379 e. The van der Waals surface area contributed by atoms with Crippen LogP contribution in [0.1, 0.15) is 18.9 Å². The summed E-state index contributed by atoms with van der Waals surface area (Å²) in [4.78, 5) is 22.5. The molecule has 0 aromatic carbocycles. The maximum atomic E-state index is 12.0. The molecule has 1 N–H and O–H groups in total. The summed E-state index contributed by atoms with van der Waals surface area (Å²) >= 11 is 11.7. The van der Waals surface area contributed by atoms with Crippen LogP contribution in [0.4, 0.5) is 0 Å². The van der Waals surface area contributed by atoms with Crippen molar-refractivity contribution in [1.82, 2.24) is 19.5 Å². The van der Waals surface area contributed by atoms with Gasteiger partial charge < -0.3 is 9.72 Å². The summed E-state index contributed by atoms with van der Waals surface area (Å²) in [5, 5.41) is 0.176. The topological polar surface area (TPSA) is 72.8 Å². The van der Waals surface area contributed by atoms with E-state index in [-0.39, 0.29) is 22.2 Å². The molecule has 0 amide bonds. The number of nitrogens with zero attached hydrogens (tertiary/aromatic N) is 3. The van der Waals surface area contributed by atoms with Gasteiger partial charge in [-0.05, 0) is 24.4 Å². The molecular formula is C10H10Cl2N4O2. The summed E-state index contributed by atoms with van der Waals surface area (Å²) in [6.07, 6.45) is 1.78. The third kappa shape index (κ3) is 1.90. The lowest BCUT2D eigenvalue weighted by molar-refractivity contribution is 0.0593. The second kappa shape index (κ2) is 4.53. The first-order chi connectivity index (χ1) is 8.66. The van der Waals surface area contributed by atoms with Crippen LogP contribution in [0.2, 0.25) is 10.4 Å². The number of hydrogen-bond donors (Lipinski definition) is 1. The molecule has 1 saturated heterocycles. The minimum Gasteiger partial charge on any atom is -0.379 e. The molecule has 6 nitrogen and oxygen atoms in total. The zero-order valence-electron chi connectivity index (χ0n) is 9.32. The highest BCUT2D eigenvalue weighted by atomic mass is 35.5. The van der Waals surface area contributed by atoms with Crippen LogP contribution in [-0.4, -0.2) is 32.7 Å². The fraction of sp³-hybridized carbons (Fsp3) is 0.500. The highest BCUT2D eigenvalue weighted by molar-refractivity contribution is 6.35. The average Bonchev–Trinajstić information content (AvgIpc) is 2.67. The summed E-state index contributed by atoms with van der Waals surface area (Å²) in [6.45, 7) is 1.22. The van der Waals surface area contributed by atoms with E-state index in [1.54, 1.807) is 4.57 Å². The van der Waals surface area contributed by atoms with Gasteiger partial charge in [0.25, 0.3) is 0 Å². The lowest BCUT2D eigenvalue weighted by Crippen LogP contribution is -2.29. The number of aromatic nitrogens is 4. The molecule has 96 valence electrons. The number of nitrogens with one attached hydrogen (secondary N) is 1. The van der Waals surface area contributed by atoms with Crippen LogP contribution >= 0.6 is 23.2 Å². The Bertz CT molecular complexity index is 645. The minimum absolute atomic E-state index is 0.0250. The van der Waals surface area contributed by atoms with Crippen LogP contribution in [0.3, 0.4) is 0 Å². The Hall–Kier alpha value is -1.11. The maximum absolute atomic E-state index is 12.0. The van der Waals surface area contributed by atoms with Crippen molar-refractivity contribution in [1.29, 1.82) is 0 Å². The molecule has 0 bridgehead atoms. The molecule has 3 heterocycles. The van der Waals surface area contributed by atoms with Crippen molar-refractivity contribution < 1.29 is 4.74 Å². The molecular weight excluding hydrogens is 279 g/mol. The van der Waals surface area contributed by atoms with Gasteiger partial charge >= 0.3 is 5.69 Å². The molecule has 0 radical (unpaired) electrons. The molecule has 2 aromatic rings. The van der Waals surface area contributed by atoms with E-state index in [9.17, 15) is 4.79 Å². The molecule has 0 saturated carbocycles. The first-order valence-electron chi connectivity index (χ1n) is 5.58. The first kappa shape index (κ1) is 12.0. The number of H-pyrrole nitrogens is 1. The van der Waals surface area contributed by atoms with E-state index in [4.69, 9.17) is 27.9 Å². The van der Waals surface area contributed by atoms with Gasteiger partial charge in [-0.2, -0.15) is 4.98 Å². The number of halogens is 2. The van der Waals surface area contributed by atoms with Crippen molar-refractivity contribution in [3.63, 3.8) is 0 Å². The zero-order valence-corrected chi connectivity index (χ0v) is 10.8. The van der Waals surface area contributed by atoms with Crippen LogP contribution in [-0.2, 0) is 4.74 Å². The number of fused-ring (bicyclic) bond motifs is 1. The lowest BCUT2D eigenvalue weighted by Gasteiger charge is -2.22. The molecule has 0 aliphatic carbocycles. The second-order valence-corrected chi connectivity index (χ2v) is 4.85. The van der Waals surface area contributed by atoms with Gasteiger partial charge in [-0.25, -0.2) is 9.78 Å². The van der Waals surface area contributed by atoms with Gasteiger partial charge in [0, 0.05) is 6.61 Å². The SMILES string of the molecule is O=c1[nH]c2c(Cl)nc(Cl)nc2n1[C@H]1CCCOC1. The van der Waals surface area contributed by atoms with E-state index in [2.05, 4.69) is 15.0 Å². The van der Waals surface area contributed by atoms with Gasteiger partial charge in [-0.15, -0.1) is 0 Å². The van der Waals surface area contributed by atoms with Gasteiger partial charge in [-0.1, -0.05) is 11.6 Å². The highest BCUT2D eigenvalue weighted by Crippen LogP contribution is 2.24. The summed E-state index contributed by atoms with van der Waals surface area (Å²) in [6, 6.07) is -0.0398. The van der Waals surface area contributed by atoms with Crippen molar-refractivity contribution in [2.75, 3.05) is 13.2 Å². The zero-order chi connectivity index (χ0) is 12.7. The van der Waals surface area contributed by atoms with Crippen molar-refractivity contribution in [3.05, 3.63) is 20.9 Å². The number of ether oxygens (including phenoxy) is 1. The third-order valence-corrected chi connectivity index (χ3v) is 3.44. The van der Waals surface area contributed by atoms with E-state index in [0.29, 0.717) is 17.8 Å². The number of rotatable bonds is 1. The smallest absolute Gasteiger partial charge is 0.328 e. The van der Waals surface area contributed by atoms with Gasteiger partial charge in [0.1, 0.15) is 5.52 Å². The Morgan fingerprint density at radius 2 is 2.22 bits per heavy atom. The van der Waals surface area contributed by atoms with Crippen LogP contribution in [0.25, 0.3) is 11.2 Å². The predicted molar refractivity (Wildman–Crippen MR) is 67.3 cm³/mol. The molecule has 1 fully saturated rings. The molecule has 0 spiro atoms. The van der Waals surface area contributed by atoms with Gasteiger partial charge in [0.15, 0.2) is 10.8 Å². The summed E-state index contributed by atoms with van der Waals surface area (Å²) < 4.78 is 6.94. The Kier molecular flexibility index (Phi) is 3.01. The molecule has 3 rings (SSSR count). The van der Waals surface area contributed by atoms with E-state index in [1.165, 1.54) is 0 Å². The fourth-order valence-corrected chi connectivity index (χ4v) is 2.63. The number of aromatic amines is 1. The highest BCUT2D eigenvalue weighted by Gasteiger charge is 2.22. The predicted octanol–water partition coefficient (Wildman–Crippen LogP) is 1.78. The molecule has 18 heavy (non-hydrogen) atoms. The molecule has 1 aliphatic heterocycles. The van der Waals surface area contributed by atoms with Crippen molar-refractivity contribution in [3.8, 4) is 0 Å². The first-order valence-corrected chi connectivity index (χ1v) is 6.33. The van der Waals surface area contributed by atoms with Crippen molar-refractivity contribution in [2.24, 2.45) is 0 Å². The fourth-order valence-electron chi connectivity index (χ4n) is 2.21. The Balaban J connectivity index is 2.21. The van der Waals surface area contributed by atoms with E-state index in [1.807, 2.05) is 0 Å². The molecule has 0 unspecified atom stereocenters. The van der Waals surface area contributed by atoms with Crippen LogP contribution < -0.4 is 5.69 Å². The normalized spacial score (nSPS) is 20.4. The van der Waals surface area contributed by atoms with Crippen LogP contribution in [0.15, 0.2) is 4.79 Å². The quantitative estimate of drug-likeness (QED) is 0.641. The summed E-state index contributed by atoms with van der Waals surface area (Å²) in [5.41, 5.74) is 0.580. The van der Waals surface area contributed by atoms with Gasteiger partial charge in [0.05, 0.1) is 12.6 Å². The Labute approximate surface area is 112 Å². The van der Waals surface area contributed by atoms with Crippen LogP contribution in [0, 0.1) is 0 Å². The van der Waals surface area contributed by atoms with E-state index >= 15 is 0 Å². The van der Waals surface area contributed by atoms with Crippen molar-refractivity contribution in [2.45, 2.75) is 18.9 Å². The van der Waals surface area contributed by atoms with E-state index in [0.717, 1.165) is 19.4 Å². The molecule has 1 aliphatic rings. The van der Waals surface area contributed by atoms with Gasteiger partial charge in [-0.3, -0.25) is 4.57 Å². The second-order valence-electron chi connectivity index (χ2n) is 4.15. The Morgan fingerprint density at radius 1 is 1.39 bits per heavy atom. The average molecular weight is 289 g/mol. The summed E-state index contributed by atoms with van der Waals surface area (Å²) in [7, 11) is 0.